The van der Waals surface area contributed by atoms with Gasteiger partial charge in [0.15, 0.2) is 0 Å². The van der Waals surface area contributed by atoms with Crippen LogP contribution in [0.4, 0.5) is 0 Å². The molecule has 1 amide bonds. The van der Waals surface area contributed by atoms with Gasteiger partial charge in [0.25, 0.3) is 5.91 Å². The molecule has 8 nitrogen and oxygen atoms in total. The molecule has 0 fully saturated rings. The zero-order valence-electron chi connectivity index (χ0n) is 14.6. The van der Waals surface area contributed by atoms with Crippen molar-refractivity contribution in [2.45, 2.75) is 37.8 Å². The monoisotopic (exact) mass is 380 g/mol. The normalized spacial score (nSPS) is 12.0. The zero-order valence-corrected chi connectivity index (χ0v) is 15.4. The maximum atomic E-state index is 12.4. The SMILES string of the molecule is Cc1ccc(S(=O)(=O)NCc2ccco2)cc1C(=O)NC(C)(C)C(=O)O. The Labute approximate surface area is 151 Å². The lowest BCUT2D eigenvalue weighted by atomic mass is 10.0. The number of carboxylic acids is 1. The summed E-state index contributed by atoms with van der Waals surface area (Å²) in [6, 6.07) is 7.35. The van der Waals surface area contributed by atoms with Crippen molar-refractivity contribution in [1.29, 1.82) is 0 Å². The molecule has 0 aliphatic heterocycles. The molecule has 1 heterocycles. The molecule has 2 rings (SSSR count). The maximum Gasteiger partial charge on any atom is 0.328 e. The van der Waals surface area contributed by atoms with E-state index in [1.54, 1.807) is 19.1 Å². The summed E-state index contributed by atoms with van der Waals surface area (Å²) in [7, 11) is -3.88. The summed E-state index contributed by atoms with van der Waals surface area (Å²) in [5.74, 6) is -1.42. The van der Waals surface area contributed by atoms with Gasteiger partial charge in [-0.1, -0.05) is 6.07 Å². The highest BCUT2D eigenvalue weighted by atomic mass is 32.2. The number of carbonyl (C=O) groups excluding carboxylic acids is 1. The van der Waals surface area contributed by atoms with E-state index in [0.717, 1.165) is 0 Å². The second-order valence-electron chi connectivity index (χ2n) is 6.26. The van der Waals surface area contributed by atoms with Crippen LogP contribution in [-0.4, -0.2) is 30.9 Å². The number of amides is 1. The molecule has 0 unspecified atom stereocenters. The van der Waals surface area contributed by atoms with E-state index in [1.165, 1.54) is 38.3 Å². The first kappa shape index (κ1) is 19.7. The first-order chi connectivity index (χ1) is 12.0. The molecule has 2 aromatic rings. The van der Waals surface area contributed by atoms with Gasteiger partial charge >= 0.3 is 5.97 Å². The third-order valence-corrected chi connectivity index (χ3v) is 5.14. The topological polar surface area (TPSA) is 126 Å². The molecule has 1 aromatic carbocycles. The number of furan rings is 1. The molecule has 0 aliphatic rings. The number of nitrogens with one attached hydrogen (secondary N) is 2. The average molecular weight is 380 g/mol. The van der Waals surface area contributed by atoms with Crippen molar-refractivity contribution in [3.05, 3.63) is 53.5 Å². The van der Waals surface area contributed by atoms with Gasteiger partial charge in [0.1, 0.15) is 11.3 Å². The maximum absolute atomic E-state index is 12.4. The average Bonchev–Trinajstić information content (AvgIpc) is 3.06. The van der Waals surface area contributed by atoms with Gasteiger partial charge in [0.05, 0.1) is 17.7 Å². The van der Waals surface area contributed by atoms with Gasteiger partial charge in [0, 0.05) is 5.56 Å². The van der Waals surface area contributed by atoms with Crippen LogP contribution in [0.5, 0.6) is 0 Å². The first-order valence-electron chi connectivity index (χ1n) is 7.71. The number of hydrogen-bond donors (Lipinski definition) is 3. The number of aliphatic carboxylic acids is 1. The number of benzene rings is 1. The Bertz CT molecular complexity index is 917. The third-order valence-electron chi connectivity index (χ3n) is 3.74. The molecular formula is C17H20N2O6S. The molecule has 0 aliphatic carbocycles. The predicted molar refractivity (Wildman–Crippen MR) is 93.1 cm³/mol. The minimum atomic E-state index is -3.88. The summed E-state index contributed by atoms with van der Waals surface area (Å²) in [5, 5.41) is 11.5. The minimum Gasteiger partial charge on any atom is -0.480 e. The van der Waals surface area contributed by atoms with Gasteiger partial charge in [-0.25, -0.2) is 17.9 Å². The highest BCUT2D eigenvalue weighted by Crippen LogP contribution is 2.17. The van der Waals surface area contributed by atoms with Crippen molar-refractivity contribution in [2.75, 3.05) is 0 Å². The molecule has 9 heteroatoms. The second kappa shape index (κ2) is 7.30. The number of carbonyl (C=O) groups is 2. The van der Waals surface area contributed by atoms with Gasteiger partial charge in [-0.2, -0.15) is 0 Å². The number of carboxylic acid groups (broad SMARTS) is 1. The largest absolute Gasteiger partial charge is 0.480 e. The lowest BCUT2D eigenvalue weighted by Crippen LogP contribution is -2.49. The summed E-state index contributed by atoms with van der Waals surface area (Å²) in [5.41, 5.74) is -0.885. The van der Waals surface area contributed by atoms with Crippen LogP contribution in [-0.2, 0) is 21.4 Å². The summed E-state index contributed by atoms with van der Waals surface area (Å²) in [6.07, 6.45) is 1.43. The zero-order chi connectivity index (χ0) is 19.5. The van der Waals surface area contributed by atoms with Crippen LogP contribution in [0.3, 0.4) is 0 Å². The van der Waals surface area contributed by atoms with Crippen molar-refractivity contribution in [3.63, 3.8) is 0 Å². The van der Waals surface area contributed by atoms with E-state index in [0.29, 0.717) is 11.3 Å². The highest BCUT2D eigenvalue weighted by molar-refractivity contribution is 7.89. The molecule has 3 N–H and O–H groups in total. The fraction of sp³-hybridized carbons (Fsp3) is 0.294. The van der Waals surface area contributed by atoms with Crippen molar-refractivity contribution in [2.24, 2.45) is 0 Å². The van der Waals surface area contributed by atoms with Gasteiger partial charge < -0.3 is 14.8 Å². The fourth-order valence-electron chi connectivity index (χ4n) is 2.08. The number of hydrogen-bond acceptors (Lipinski definition) is 5. The summed E-state index contributed by atoms with van der Waals surface area (Å²) in [6.45, 7) is 4.29. The molecule has 0 radical (unpaired) electrons. The lowest BCUT2D eigenvalue weighted by Gasteiger charge is -2.21. The van der Waals surface area contributed by atoms with E-state index in [-0.39, 0.29) is 17.0 Å². The van der Waals surface area contributed by atoms with Crippen molar-refractivity contribution < 1.29 is 27.5 Å². The van der Waals surface area contributed by atoms with Gasteiger partial charge in [-0.15, -0.1) is 0 Å². The van der Waals surface area contributed by atoms with E-state index in [2.05, 4.69) is 10.0 Å². The van der Waals surface area contributed by atoms with Crippen molar-refractivity contribution in [1.82, 2.24) is 10.0 Å². The molecule has 26 heavy (non-hydrogen) atoms. The van der Waals surface area contributed by atoms with Gasteiger partial charge in [0.2, 0.25) is 10.0 Å². The Hall–Kier alpha value is -2.65. The van der Waals surface area contributed by atoms with Crippen LogP contribution >= 0.6 is 0 Å². The molecule has 140 valence electrons. The molecule has 0 bridgehead atoms. The minimum absolute atomic E-state index is 0.0310. The Morgan fingerprint density at radius 3 is 2.50 bits per heavy atom. The molecular weight excluding hydrogens is 360 g/mol. The summed E-state index contributed by atoms with van der Waals surface area (Å²) >= 11 is 0. The molecule has 0 saturated heterocycles. The number of rotatable bonds is 7. The number of aryl methyl sites for hydroxylation is 1. The molecule has 0 atom stereocenters. The van der Waals surface area contributed by atoms with Crippen LogP contribution in [0.25, 0.3) is 0 Å². The van der Waals surface area contributed by atoms with Crippen LogP contribution in [0, 0.1) is 6.92 Å². The van der Waals surface area contributed by atoms with Gasteiger partial charge in [-0.3, -0.25) is 4.79 Å². The fourth-order valence-corrected chi connectivity index (χ4v) is 3.10. The van der Waals surface area contributed by atoms with Crippen LogP contribution in [0.1, 0.15) is 35.5 Å². The molecule has 0 spiro atoms. The highest BCUT2D eigenvalue weighted by Gasteiger charge is 2.30. The Morgan fingerprint density at radius 2 is 1.92 bits per heavy atom. The van der Waals surface area contributed by atoms with Crippen LogP contribution < -0.4 is 10.0 Å². The predicted octanol–water partition coefficient (Wildman–Crippen LogP) is 1.66. The van der Waals surface area contributed by atoms with Crippen molar-refractivity contribution >= 4 is 21.9 Å². The van der Waals surface area contributed by atoms with E-state index in [9.17, 15) is 18.0 Å². The summed E-state index contributed by atoms with van der Waals surface area (Å²) in [4.78, 5) is 23.5. The van der Waals surface area contributed by atoms with Crippen LogP contribution in [0.2, 0.25) is 0 Å². The first-order valence-corrected chi connectivity index (χ1v) is 9.20. The van der Waals surface area contributed by atoms with Gasteiger partial charge in [-0.05, 0) is 50.6 Å². The standard InChI is InChI=1S/C17H20N2O6S/c1-11-6-7-13(26(23,24)18-10-12-5-4-8-25-12)9-14(11)15(20)19-17(2,3)16(21)22/h4-9,18H,10H2,1-3H3,(H,19,20)(H,21,22). The van der Waals surface area contributed by atoms with Crippen molar-refractivity contribution in [3.8, 4) is 0 Å². The van der Waals surface area contributed by atoms with Crippen LogP contribution in [0.15, 0.2) is 45.9 Å². The lowest BCUT2D eigenvalue weighted by molar-refractivity contribution is -0.143. The van der Waals surface area contributed by atoms with E-state index < -0.39 is 27.4 Å². The van der Waals surface area contributed by atoms with E-state index in [1.807, 2.05) is 0 Å². The summed E-state index contributed by atoms with van der Waals surface area (Å²) < 4.78 is 32.3. The third kappa shape index (κ3) is 4.50. The Morgan fingerprint density at radius 1 is 1.23 bits per heavy atom. The Kier molecular flexibility index (Phi) is 5.53. The smallest absolute Gasteiger partial charge is 0.328 e. The van der Waals surface area contributed by atoms with E-state index in [4.69, 9.17) is 9.52 Å². The quantitative estimate of drug-likeness (QED) is 0.671. The second-order valence-corrected chi connectivity index (χ2v) is 8.03. The molecule has 0 saturated carbocycles. The molecule has 1 aromatic heterocycles. The number of sulfonamides is 1. The van der Waals surface area contributed by atoms with E-state index >= 15 is 0 Å². The Balaban J connectivity index is 2.25.